The Bertz CT molecular complexity index is 411. The van der Waals surface area contributed by atoms with Gasteiger partial charge in [-0.05, 0) is 24.6 Å². The van der Waals surface area contributed by atoms with Crippen molar-refractivity contribution in [3.63, 3.8) is 0 Å². The van der Waals surface area contributed by atoms with Crippen LogP contribution in [-0.2, 0) is 4.79 Å². The molecule has 1 aromatic rings. The Labute approximate surface area is 105 Å². The van der Waals surface area contributed by atoms with E-state index < -0.39 is 6.04 Å². The van der Waals surface area contributed by atoms with Gasteiger partial charge >= 0.3 is 0 Å². The van der Waals surface area contributed by atoms with Gasteiger partial charge in [0.25, 0.3) is 0 Å². The molecule has 0 bridgehead atoms. The van der Waals surface area contributed by atoms with E-state index in [9.17, 15) is 9.90 Å². The highest BCUT2D eigenvalue weighted by molar-refractivity contribution is 6.30. The minimum Gasteiger partial charge on any atom is -0.394 e. The van der Waals surface area contributed by atoms with Crippen LogP contribution >= 0.6 is 11.6 Å². The van der Waals surface area contributed by atoms with E-state index in [2.05, 4.69) is 5.32 Å². The summed E-state index contributed by atoms with van der Waals surface area (Å²) in [6.07, 6.45) is 0.856. The Balaban J connectivity index is 2.30. The summed E-state index contributed by atoms with van der Waals surface area (Å²) in [6, 6.07) is 6.80. The van der Waals surface area contributed by atoms with E-state index in [1.54, 1.807) is 6.07 Å². The molecular formula is C12H15ClN2O2. The van der Waals surface area contributed by atoms with Crippen molar-refractivity contribution in [2.75, 3.05) is 24.6 Å². The van der Waals surface area contributed by atoms with Crippen molar-refractivity contribution >= 4 is 23.2 Å². The molecule has 2 N–H and O–H groups in total. The van der Waals surface area contributed by atoms with Gasteiger partial charge in [-0.3, -0.25) is 4.79 Å². The van der Waals surface area contributed by atoms with E-state index >= 15 is 0 Å². The SMILES string of the molecule is O=C1NCCCN(c2cccc(Cl)c2)C1CO. The Morgan fingerprint density at radius 2 is 2.35 bits per heavy atom. The molecule has 1 aliphatic rings. The number of nitrogens with zero attached hydrogens (tertiary/aromatic N) is 1. The first-order valence-electron chi connectivity index (χ1n) is 5.63. The van der Waals surface area contributed by atoms with Crippen molar-refractivity contribution in [1.29, 1.82) is 0 Å². The van der Waals surface area contributed by atoms with Crippen LogP contribution < -0.4 is 10.2 Å². The van der Waals surface area contributed by atoms with E-state index in [1.807, 2.05) is 23.1 Å². The number of anilines is 1. The van der Waals surface area contributed by atoms with Crippen molar-refractivity contribution < 1.29 is 9.90 Å². The zero-order chi connectivity index (χ0) is 12.3. The summed E-state index contributed by atoms with van der Waals surface area (Å²) in [5.74, 6) is -0.134. The topological polar surface area (TPSA) is 52.6 Å². The maximum absolute atomic E-state index is 11.8. The predicted octanol–water partition coefficient (Wildman–Crippen LogP) is 1.03. The zero-order valence-electron chi connectivity index (χ0n) is 9.40. The lowest BCUT2D eigenvalue weighted by Crippen LogP contribution is -2.46. The molecule has 5 heteroatoms. The van der Waals surface area contributed by atoms with E-state index in [-0.39, 0.29) is 12.5 Å². The number of amides is 1. The molecule has 1 aliphatic heterocycles. The van der Waals surface area contributed by atoms with Crippen LogP contribution in [0.2, 0.25) is 5.02 Å². The van der Waals surface area contributed by atoms with Crippen LogP contribution in [-0.4, -0.2) is 36.8 Å². The molecule has 1 heterocycles. The van der Waals surface area contributed by atoms with Gasteiger partial charge in [-0.1, -0.05) is 17.7 Å². The summed E-state index contributed by atoms with van der Waals surface area (Å²) in [5.41, 5.74) is 0.869. The van der Waals surface area contributed by atoms with Gasteiger partial charge in [-0.2, -0.15) is 0 Å². The standard InChI is InChI=1S/C12H15ClN2O2/c13-9-3-1-4-10(7-9)15-6-2-5-14-12(17)11(15)8-16/h1,3-4,7,11,16H,2,5-6,8H2,(H,14,17). The van der Waals surface area contributed by atoms with Crippen LogP contribution in [0.3, 0.4) is 0 Å². The molecule has 1 amide bonds. The van der Waals surface area contributed by atoms with E-state index in [0.717, 1.165) is 18.7 Å². The van der Waals surface area contributed by atoms with Crippen LogP contribution in [0.25, 0.3) is 0 Å². The van der Waals surface area contributed by atoms with Gasteiger partial charge in [0.2, 0.25) is 5.91 Å². The molecule has 1 aromatic carbocycles. The molecule has 1 unspecified atom stereocenters. The molecule has 0 saturated carbocycles. The maximum atomic E-state index is 11.8. The monoisotopic (exact) mass is 254 g/mol. The zero-order valence-corrected chi connectivity index (χ0v) is 10.2. The van der Waals surface area contributed by atoms with Gasteiger partial charge in [-0.15, -0.1) is 0 Å². The lowest BCUT2D eigenvalue weighted by molar-refractivity contribution is -0.122. The van der Waals surface area contributed by atoms with Crippen molar-refractivity contribution in [2.45, 2.75) is 12.5 Å². The van der Waals surface area contributed by atoms with Gasteiger partial charge in [0.15, 0.2) is 0 Å². The second-order valence-corrected chi connectivity index (χ2v) is 4.45. The second kappa shape index (κ2) is 5.38. The van der Waals surface area contributed by atoms with Gasteiger partial charge in [0.1, 0.15) is 6.04 Å². The largest absolute Gasteiger partial charge is 0.394 e. The number of nitrogens with one attached hydrogen (secondary N) is 1. The third kappa shape index (κ3) is 2.70. The first kappa shape index (κ1) is 12.2. The first-order valence-corrected chi connectivity index (χ1v) is 6.01. The summed E-state index contributed by atoms with van der Waals surface area (Å²) in [7, 11) is 0. The molecule has 2 rings (SSSR count). The summed E-state index contributed by atoms with van der Waals surface area (Å²) in [6.45, 7) is 1.18. The van der Waals surface area contributed by atoms with Crippen LogP contribution in [0.4, 0.5) is 5.69 Å². The highest BCUT2D eigenvalue weighted by atomic mass is 35.5. The molecule has 1 atom stereocenters. The van der Waals surface area contributed by atoms with Gasteiger partial charge < -0.3 is 15.3 Å². The molecule has 17 heavy (non-hydrogen) atoms. The number of aliphatic hydroxyl groups is 1. The van der Waals surface area contributed by atoms with Crippen molar-refractivity contribution in [3.8, 4) is 0 Å². The molecular weight excluding hydrogens is 240 g/mol. The molecule has 0 spiro atoms. The van der Waals surface area contributed by atoms with Crippen LogP contribution in [0.5, 0.6) is 0 Å². The number of carbonyl (C=O) groups is 1. The Morgan fingerprint density at radius 1 is 1.53 bits per heavy atom. The average molecular weight is 255 g/mol. The van der Waals surface area contributed by atoms with Crippen molar-refractivity contribution in [2.24, 2.45) is 0 Å². The number of hydrogen-bond donors (Lipinski definition) is 2. The molecule has 0 aliphatic carbocycles. The second-order valence-electron chi connectivity index (χ2n) is 4.02. The number of aliphatic hydroxyl groups excluding tert-OH is 1. The van der Waals surface area contributed by atoms with E-state index in [4.69, 9.17) is 11.6 Å². The van der Waals surface area contributed by atoms with Crippen LogP contribution in [0.1, 0.15) is 6.42 Å². The fourth-order valence-electron chi connectivity index (χ4n) is 2.02. The summed E-state index contributed by atoms with van der Waals surface area (Å²) in [5, 5.41) is 12.8. The lowest BCUT2D eigenvalue weighted by Gasteiger charge is -2.29. The summed E-state index contributed by atoms with van der Waals surface area (Å²) < 4.78 is 0. The number of benzene rings is 1. The maximum Gasteiger partial charge on any atom is 0.245 e. The number of hydrogen-bond acceptors (Lipinski definition) is 3. The minimum atomic E-state index is -0.532. The molecule has 1 fully saturated rings. The third-order valence-electron chi connectivity index (χ3n) is 2.87. The Morgan fingerprint density at radius 3 is 3.06 bits per heavy atom. The van der Waals surface area contributed by atoms with E-state index in [1.165, 1.54) is 0 Å². The van der Waals surface area contributed by atoms with E-state index in [0.29, 0.717) is 11.6 Å². The minimum absolute atomic E-state index is 0.134. The Kier molecular flexibility index (Phi) is 3.86. The quantitative estimate of drug-likeness (QED) is 0.829. The highest BCUT2D eigenvalue weighted by Crippen LogP contribution is 2.22. The number of carbonyl (C=O) groups excluding carboxylic acids is 1. The molecule has 1 saturated heterocycles. The summed E-state index contributed by atoms with van der Waals surface area (Å²) >= 11 is 5.94. The molecule has 92 valence electrons. The molecule has 0 aromatic heterocycles. The fourth-order valence-corrected chi connectivity index (χ4v) is 2.21. The smallest absolute Gasteiger partial charge is 0.245 e. The van der Waals surface area contributed by atoms with Crippen LogP contribution in [0.15, 0.2) is 24.3 Å². The molecule has 0 radical (unpaired) electrons. The summed E-state index contributed by atoms with van der Waals surface area (Å²) in [4.78, 5) is 13.7. The fraction of sp³-hybridized carbons (Fsp3) is 0.417. The van der Waals surface area contributed by atoms with Crippen molar-refractivity contribution in [1.82, 2.24) is 5.32 Å². The van der Waals surface area contributed by atoms with Gasteiger partial charge in [0.05, 0.1) is 6.61 Å². The third-order valence-corrected chi connectivity index (χ3v) is 3.10. The molecule has 4 nitrogen and oxygen atoms in total. The lowest BCUT2D eigenvalue weighted by atomic mass is 10.2. The normalized spacial score (nSPS) is 20.9. The predicted molar refractivity (Wildman–Crippen MR) is 67.3 cm³/mol. The number of rotatable bonds is 2. The number of halogens is 1. The average Bonchev–Trinajstić information content (AvgIpc) is 2.50. The highest BCUT2D eigenvalue weighted by Gasteiger charge is 2.27. The van der Waals surface area contributed by atoms with Crippen LogP contribution in [0, 0.1) is 0 Å². The van der Waals surface area contributed by atoms with Gasteiger partial charge in [-0.25, -0.2) is 0 Å². The van der Waals surface area contributed by atoms with Crippen molar-refractivity contribution in [3.05, 3.63) is 29.3 Å². The Hall–Kier alpha value is -1.26. The first-order chi connectivity index (χ1) is 8.22. The van der Waals surface area contributed by atoms with Gasteiger partial charge in [0, 0.05) is 23.8 Å².